The summed E-state index contributed by atoms with van der Waals surface area (Å²) in [6.07, 6.45) is -2.31. The Balaban J connectivity index is 1.08. The second kappa shape index (κ2) is 11.3. The molecule has 1 fully saturated rings. The monoisotopic (exact) mass is 651 g/mol. The smallest absolute Gasteiger partial charge is 0.164 e. The Bertz CT molecular complexity index is 2650. The van der Waals surface area contributed by atoms with E-state index < -0.39 is 18.2 Å². The van der Waals surface area contributed by atoms with E-state index in [0.29, 0.717) is 36.7 Å². The van der Waals surface area contributed by atoms with Crippen LogP contribution in [0.15, 0.2) is 140 Å². The number of aromatic nitrogens is 3. The molecule has 2 heterocycles. The SMILES string of the molecule is [2H]C1([2H])CCCC([2H])([2H])C12c1ccccc1-c1ccc(-c3ccc4c(c3)sc3cc(-c5nc(-c6ccccc6)nc(-c6ccccc6)n5)ccc34)cc12. The molecule has 4 heteroatoms. The Morgan fingerprint density at radius 3 is 1.63 bits per heavy atom. The zero-order valence-electron chi connectivity index (χ0n) is 30.7. The fourth-order valence-electron chi connectivity index (χ4n) is 7.58. The van der Waals surface area contributed by atoms with Crippen LogP contribution < -0.4 is 0 Å². The summed E-state index contributed by atoms with van der Waals surface area (Å²) >= 11 is 1.73. The minimum atomic E-state index is -1.75. The van der Waals surface area contributed by atoms with Gasteiger partial charge in [-0.2, -0.15) is 0 Å². The molecule has 0 amide bonds. The van der Waals surface area contributed by atoms with Gasteiger partial charge in [0, 0.05) is 47.8 Å². The van der Waals surface area contributed by atoms with E-state index >= 15 is 0 Å². The number of hydrogen-bond acceptors (Lipinski definition) is 4. The van der Waals surface area contributed by atoms with E-state index in [9.17, 15) is 5.48 Å². The molecule has 8 aromatic rings. The van der Waals surface area contributed by atoms with Crippen molar-refractivity contribution in [1.29, 1.82) is 0 Å². The summed E-state index contributed by atoms with van der Waals surface area (Å²) in [4.78, 5) is 14.7. The van der Waals surface area contributed by atoms with E-state index in [1.807, 2.05) is 84.9 Å². The first-order valence-electron chi connectivity index (χ1n) is 18.8. The number of hydrogen-bond donors (Lipinski definition) is 0. The van der Waals surface area contributed by atoms with Crippen LogP contribution in [0, 0.1) is 0 Å². The third-order valence-electron chi connectivity index (χ3n) is 9.94. The van der Waals surface area contributed by atoms with E-state index in [1.54, 1.807) is 11.3 Å². The summed E-state index contributed by atoms with van der Waals surface area (Å²) in [7, 11) is 0. The van der Waals surface area contributed by atoms with E-state index in [4.69, 9.17) is 15.0 Å². The van der Waals surface area contributed by atoms with Gasteiger partial charge >= 0.3 is 0 Å². The van der Waals surface area contributed by atoms with Crippen LogP contribution in [0.5, 0.6) is 0 Å². The van der Waals surface area contributed by atoms with Crippen molar-refractivity contribution in [2.45, 2.75) is 37.4 Å². The van der Waals surface area contributed by atoms with Crippen LogP contribution in [0.1, 0.15) is 48.6 Å². The average molecular weight is 652 g/mol. The highest BCUT2D eigenvalue weighted by atomic mass is 32.1. The predicted octanol–water partition coefficient (Wildman–Crippen LogP) is 12.1. The van der Waals surface area contributed by atoms with Gasteiger partial charge in [0.2, 0.25) is 0 Å². The lowest BCUT2D eigenvalue weighted by Gasteiger charge is -2.36. The Morgan fingerprint density at radius 1 is 0.449 bits per heavy atom. The van der Waals surface area contributed by atoms with E-state index in [0.717, 1.165) is 70.2 Å². The third kappa shape index (κ3) is 4.66. The van der Waals surface area contributed by atoms with Crippen LogP contribution >= 0.6 is 11.3 Å². The molecule has 2 aliphatic carbocycles. The molecule has 6 aromatic carbocycles. The highest BCUT2D eigenvalue weighted by molar-refractivity contribution is 7.25. The molecule has 1 saturated carbocycles. The van der Waals surface area contributed by atoms with Crippen LogP contribution in [-0.4, -0.2) is 15.0 Å². The van der Waals surface area contributed by atoms with Crippen molar-refractivity contribution < 1.29 is 5.48 Å². The molecule has 1 spiro atoms. The van der Waals surface area contributed by atoms with Gasteiger partial charge in [0.05, 0.1) is 0 Å². The molecule has 0 atom stereocenters. The molecule has 3 nitrogen and oxygen atoms in total. The molecule has 2 aromatic heterocycles. The molecule has 0 bridgehead atoms. The first kappa shape index (κ1) is 24.7. The predicted molar refractivity (Wildman–Crippen MR) is 204 cm³/mol. The maximum atomic E-state index is 9.34. The number of nitrogens with zero attached hydrogens (tertiary/aromatic N) is 3. The van der Waals surface area contributed by atoms with Gasteiger partial charge in [0.1, 0.15) is 0 Å². The first-order chi connectivity index (χ1) is 25.7. The van der Waals surface area contributed by atoms with E-state index in [-0.39, 0.29) is 0 Å². The third-order valence-corrected chi connectivity index (χ3v) is 11.1. The van der Waals surface area contributed by atoms with Crippen molar-refractivity contribution in [3.05, 3.63) is 151 Å². The highest BCUT2D eigenvalue weighted by Gasteiger charge is 2.43. The molecular weight excluding hydrogens is 615 g/mol. The molecule has 2 aliphatic rings. The largest absolute Gasteiger partial charge is 0.208 e. The summed E-state index contributed by atoms with van der Waals surface area (Å²) in [6, 6.07) is 47.0. The molecule has 10 rings (SSSR count). The summed E-state index contributed by atoms with van der Waals surface area (Å²) in [5.74, 6) is 1.88. The molecule has 0 radical (unpaired) electrons. The Labute approximate surface area is 295 Å². The van der Waals surface area contributed by atoms with Gasteiger partial charge in [-0.05, 0) is 64.3 Å². The molecule has 0 N–H and O–H groups in total. The van der Waals surface area contributed by atoms with Crippen molar-refractivity contribution >= 4 is 31.5 Å². The van der Waals surface area contributed by atoms with Crippen LogP contribution in [0.2, 0.25) is 0 Å². The fourth-order valence-corrected chi connectivity index (χ4v) is 8.76. The molecule has 0 saturated heterocycles. The number of rotatable bonds is 4. The van der Waals surface area contributed by atoms with Crippen LogP contribution in [-0.2, 0) is 5.41 Å². The second-order valence-electron chi connectivity index (χ2n) is 12.8. The second-order valence-corrected chi connectivity index (χ2v) is 13.9. The quantitative estimate of drug-likeness (QED) is 0.190. The van der Waals surface area contributed by atoms with Crippen LogP contribution in [0.3, 0.4) is 0 Å². The highest BCUT2D eigenvalue weighted by Crippen LogP contribution is 2.56. The minimum absolute atomic E-state index is 0.325. The summed E-state index contributed by atoms with van der Waals surface area (Å²) < 4.78 is 39.6. The van der Waals surface area contributed by atoms with Gasteiger partial charge in [0.25, 0.3) is 0 Å². The van der Waals surface area contributed by atoms with E-state index in [1.165, 1.54) is 0 Å². The van der Waals surface area contributed by atoms with Gasteiger partial charge in [-0.25, -0.2) is 15.0 Å². The van der Waals surface area contributed by atoms with Gasteiger partial charge in [-0.1, -0.05) is 141 Å². The maximum absolute atomic E-state index is 9.34. The van der Waals surface area contributed by atoms with Crippen molar-refractivity contribution in [1.82, 2.24) is 15.0 Å². The lowest BCUT2D eigenvalue weighted by atomic mass is 9.67. The molecular formula is C45H33N3S. The zero-order valence-corrected chi connectivity index (χ0v) is 27.5. The lowest BCUT2D eigenvalue weighted by Crippen LogP contribution is -2.28. The molecule has 49 heavy (non-hydrogen) atoms. The number of benzene rings is 6. The maximum Gasteiger partial charge on any atom is 0.164 e. The number of fused-ring (bicyclic) bond motifs is 8. The van der Waals surface area contributed by atoms with Crippen molar-refractivity contribution in [2.24, 2.45) is 0 Å². The Kier molecular flexibility index (Phi) is 5.70. The Morgan fingerprint density at radius 2 is 0.959 bits per heavy atom. The molecule has 234 valence electrons. The van der Waals surface area contributed by atoms with Gasteiger partial charge in [-0.3, -0.25) is 0 Å². The molecule has 0 aliphatic heterocycles. The van der Waals surface area contributed by atoms with Crippen molar-refractivity contribution in [3.63, 3.8) is 0 Å². The molecule has 0 unspecified atom stereocenters. The van der Waals surface area contributed by atoms with Gasteiger partial charge in [0.15, 0.2) is 17.5 Å². The van der Waals surface area contributed by atoms with Crippen molar-refractivity contribution in [3.8, 4) is 56.4 Å². The van der Waals surface area contributed by atoms with Crippen LogP contribution in [0.4, 0.5) is 0 Å². The average Bonchev–Trinajstić information content (AvgIpc) is 3.71. The van der Waals surface area contributed by atoms with E-state index in [2.05, 4.69) is 54.6 Å². The lowest BCUT2D eigenvalue weighted by molar-refractivity contribution is 0.353. The first-order valence-corrected chi connectivity index (χ1v) is 17.6. The fraction of sp³-hybridized carbons (Fsp3) is 0.133. The summed E-state index contributed by atoms with van der Waals surface area (Å²) in [5, 5.41) is 2.32. The van der Waals surface area contributed by atoms with Crippen LogP contribution in [0.25, 0.3) is 76.6 Å². The zero-order chi connectivity index (χ0) is 36.0. The Hall–Kier alpha value is -5.45. The van der Waals surface area contributed by atoms with Crippen molar-refractivity contribution in [2.75, 3.05) is 0 Å². The number of thiophene rings is 1. The van der Waals surface area contributed by atoms with Gasteiger partial charge in [-0.15, -0.1) is 11.3 Å². The standard InChI is InChI=1S/C45H33N3S/c1-4-12-29(13-5-1)42-46-43(30-14-6-2-7-15-30)48-44(47-42)33-20-23-37-36-22-19-32(27-40(36)49-41(37)28-33)31-18-21-35-34-16-8-9-17-38(34)45(39(35)26-31)24-10-3-11-25-45/h1-2,4-9,12-23,26-28H,3,10-11,24-25H2/i24D2,25D2. The summed E-state index contributed by atoms with van der Waals surface area (Å²) in [6.45, 7) is 0. The normalized spacial score (nSPS) is 18.0. The van der Waals surface area contributed by atoms with Gasteiger partial charge < -0.3 is 0 Å². The topological polar surface area (TPSA) is 38.7 Å². The summed E-state index contributed by atoms with van der Waals surface area (Å²) in [5.41, 5.74) is 6.77. The minimum Gasteiger partial charge on any atom is -0.208 e.